The largest absolute Gasteiger partial charge is 0.507 e. The Morgan fingerprint density at radius 2 is 0.961 bits per heavy atom. The van der Waals surface area contributed by atoms with Gasteiger partial charge in [-0.15, -0.1) is 0 Å². The van der Waals surface area contributed by atoms with Crippen LogP contribution in [0.3, 0.4) is 0 Å². The molecule has 8 heteroatoms. The molecule has 0 fully saturated rings. The summed E-state index contributed by atoms with van der Waals surface area (Å²) < 4.78 is 12.7. The van der Waals surface area contributed by atoms with E-state index in [1.165, 1.54) is 0 Å². The third kappa shape index (κ3) is 10.2. The van der Waals surface area contributed by atoms with Crippen LogP contribution in [0.15, 0.2) is 82.8 Å². The molecule has 0 aromatic heterocycles. The lowest BCUT2D eigenvalue weighted by molar-refractivity contribution is 0.217. The molecule has 2 atom stereocenters. The Bertz CT molecular complexity index is 1690. The maximum Gasteiger partial charge on any atom is 0.128 e. The van der Waals surface area contributed by atoms with Gasteiger partial charge in [-0.25, -0.2) is 0 Å². The van der Waals surface area contributed by atoms with Crippen molar-refractivity contribution in [1.29, 1.82) is 0 Å². The third-order valence-corrected chi connectivity index (χ3v) is 9.53. The average Bonchev–Trinajstić information content (AvgIpc) is 3.11. The summed E-state index contributed by atoms with van der Waals surface area (Å²) in [7, 11) is 0. The molecule has 0 amide bonds. The molecule has 2 unspecified atom stereocenters. The average molecular weight is 689 g/mol. The van der Waals surface area contributed by atoms with Crippen molar-refractivity contribution in [1.82, 2.24) is 9.80 Å². The van der Waals surface area contributed by atoms with Gasteiger partial charge in [-0.05, 0) is 88.0 Å². The number of aliphatic imine (C=N–C) groups is 2. The van der Waals surface area contributed by atoms with Gasteiger partial charge in [0.2, 0.25) is 0 Å². The van der Waals surface area contributed by atoms with Gasteiger partial charge in [0.25, 0.3) is 0 Å². The molecular weight excluding hydrogens is 636 g/mol. The molecule has 0 saturated heterocycles. The van der Waals surface area contributed by atoms with Crippen molar-refractivity contribution in [2.24, 2.45) is 9.98 Å². The highest BCUT2D eigenvalue weighted by atomic mass is 16.5. The number of aromatic hydroxyl groups is 2. The highest BCUT2D eigenvalue weighted by Crippen LogP contribution is 2.30. The Morgan fingerprint density at radius 1 is 0.529 bits per heavy atom. The first-order valence-electron chi connectivity index (χ1n) is 18.4. The molecule has 2 heterocycles. The number of nitrogens with zero attached hydrogens (tertiary/aromatic N) is 4. The second-order valence-electron chi connectivity index (χ2n) is 13.9. The van der Waals surface area contributed by atoms with Crippen LogP contribution in [0.2, 0.25) is 0 Å². The predicted molar refractivity (Wildman–Crippen MR) is 206 cm³/mol. The number of benzene rings is 4. The summed E-state index contributed by atoms with van der Waals surface area (Å²) in [6.07, 6.45) is 8.04. The monoisotopic (exact) mass is 688 g/mol. The van der Waals surface area contributed by atoms with Gasteiger partial charge in [-0.1, -0.05) is 48.5 Å². The van der Waals surface area contributed by atoms with Crippen LogP contribution < -0.4 is 9.47 Å². The summed E-state index contributed by atoms with van der Waals surface area (Å²) in [6.45, 7) is 10.8. The molecule has 8 nitrogen and oxygen atoms in total. The number of phenolic OH excluding ortho intramolecular Hbond substituents is 2. The van der Waals surface area contributed by atoms with Gasteiger partial charge < -0.3 is 19.7 Å². The van der Waals surface area contributed by atoms with Crippen LogP contribution in [0.25, 0.3) is 0 Å². The topological polar surface area (TPSA) is 90.1 Å². The number of fused-ring (bicyclic) bond motifs is 11. The lowest BCUT2D eigenvalue weighted by Crippen LogP contribution is -2.27. The molecule has 6 bridgehead atoms. The molecule has 51 heavy (non-hydrogen) atoms. The normalized spacial score (nSPS) is 19.5. The number of hydrogen-bond donors (Lipinski definition) is 2. The Labute approximate surface area is 303 Å². The number of phenols is 2. The minimum atomic E-state index is 0.296. The fourth-order valence-corrected chi connectivity index (χ4v) is 6.97. The Morgan fingerprint density at radius 3 is 1.43 bits per heavy atom. The molecule has 2 aliphatic rings. The smallest absolute Gasteiger partial charge is 0.128 e. The lowest BCUT2D eigenvalue weighted by atomic mass is 10.0. The molecule has 2 N–H and O–H groups in total. The maximum atomic E-state index is 11.5. The SMILES string of the molecule is Cc1cc2c(O)c(c1)CN1CCCCN(Cc3ccccc3OCCCOc3ccccc3C1)Cc1cc(C)cc(c1O)C=NCCCCN=C2. The fourth-order valence-electron chi connectivity index (χ4n) is 6.97. The minimum Gasteiger partial charge on any atom is -0.507 e. The standard InChI is InChI=1S/C43H52N4O4/c1-32-22-36-26-44-16-7-8-17-45-27-37-23-33(2)25-39(43(37)49)31-47-19-10-9-18-46(30-38(24-32)42(36)48)28-34-12-3-5-14-40(34)50-20-11-21-51-41-15-6-4-13-35(41)29-47/h3-6,12-15,22-27,48-49H,7-11,16-21,28-31H2,1-2H3. The Balaban J connectivity index is 1.36. The summed E-state index contributed by atoms with van der Waals surface area (Å²) in [5.41, 5.74) is 7.76. The molecule has 268 valence electrons. The van der Waals surface area contributed by atoms with Crippen molar-refractivity contribution in [3.63, 3.8) is 0 Å². The van der Waals surface area contributed by atoms with Crippen molar-refractivity contribution >= 4 is 12.4 Å². The van der Waals surface area contributed by atoms with Gasteiger partial charge in [0.05, 0.1) is 13.2 Å². The van der Waals surface area contributed by atoms with Crippen molar-refractivity contribution < 1.29 is 19.7 Å². The van der Waals surface area contributed by atoms with Crippen molar-refractivity contribution in [2.75, 3.05) is 39.4 Å². The molecule has 0 aliphatic carbocycles. The molecule has 0 radical (unpaired) electrons. The van der Waals surface area contributed by atoms with Gasteiger partial charge >= 0.3 is 0 Å². The highest BCUT2D eigenvalue weighted by Gasteiger charge is 2.18. The molecule has 0 spiro atoms. The van der Waals surface area contributed by atoms with Crippen LogP contribution in [0, 0.1) is 13.8 Å². The number of hydrogen-bond acceptors (Lipinski definition) is 8. The van der Waals surface area contributed by atoms with E-state index in [1.807, 2.05) is 48.8 Å². The van der Waals surface area contributed by atoms with Crippen LogP contribution in [0.1, 0.15) is 76.6 Å². The second-order valence-corrected chi connectivity index (χ2v) is 13.9. The van der Waals surface area contributed by atoms with E-state index in [-0.39, 0.29) is 0 Å². The van der Waals surface area contributed by atoms with E-state index in [0.717, 1.165) is 101 Å². The van der Waals surface area contributed by atoms with E-state index >= 15 is 0 Å². The first kappa shape index (κ1) is 36.1. The molecule has 6 rings (SSSR count). The highest BCUT2D eigenvalue weighted by molar-refractivity contribution is 5.85. The lowest BCUT2D eigenvalue weighted by Gasteiger charge is -2.27. The van der Waals surface area contributed by atoms with E-state index in [4.69, 9.17) is 9.47 Å². The first-order chi connectivity index (χ1) is 24.9. The van der Waals surface area contributed by atoms with Crippen LogP contribution in [0.4, 0.5) is 0 Å². The summed E-state index contributed by atoms with van der Waals surface area (Å²) in [4.78, 5) is 14.2. The van der Waals surface area contributed by atoms with Crippen LogP contribution in [-0.4, -0.2) is 71.8 Å². The van der Waals surface area contributed by atoms with Crippen molar-refractivity contribution in [3.8, 4) is 23.0 Å². The summed E-state index contributed by atoms with van der Waals surface area (Å²) in [5, 5.41) is 22.9. The van der Waals surface area contributed by atoms with Gasteiger partial charge in [-0.2, -0.15) is 0 Å². The second kappa shape index (κ2) is 18.0. The number of ether oxygens (including phenoxy) is 2. The molecule has 4 aromatic carbocycles. The zero-order valence-corrected chi connectivity index (χ0v) is 30.2. The molecular formula is C43H52N4O4. The summed E-state index contributed by atoms with van der Waals surface area (Å²) in [6, 6.07) is 24.7. The molecule has 2 aliphatic heterocycles. The third-order valence-electron chi connectivity index (χ3n) is 9.53. The van der Waals surface area contributed by atoms with Crippen molar-refractivity contribution in [3.05, 3.63) is 117 Å². The van der Waals surface area contributed by atoms with Gasteiger partial charge in [0.15, 0.2) is 0 Å². The maximum absolute atomic E-state index is 11.5. The van der Waals surface area contributed by atoms with Crippen LogP contribution in [0.5, 0.6) is 23.0 Å². The van der Waals surface area contributed by atoms with Gasteiger partial charge in [-0.3, -0.25) is 19.8 Å². The number of rotatable bonds is 0. The van der Waals surface area contributed by atoms with E-state index in [0.29, 0.717) is 64.0 Å². The summed E-state index contributed by atoms with van der Waals surface area (Å²) >= 11 is 0. The van der Waals surface area contributed by atoms with Crippen molar-refractivity contribution in [2.45, 2.75) is 72.1 Å². The first-order valence-corrected chi connectivity index (χ1v) is 18.4. The van der Waals surface area contributed by atoms with E-state index < -0.39 is 0 Å². The molecule has 0 saturated carbocycles. The minimum absolute atomic E-state index is 0.296. The quantitative estimate of drug-likeness (QED) is 0.195. The summed E-state index contributed by atoms with van der Waals surface area (Å²) in [5.74, 6) is 2.36. The zero-order chi connectivity index (χ0) is 35.4. The van der Waals surface area contributed by atoms with Crippen LogP contribution >= 0.6 is 0 Å². The number of para-hydroxylation sites is 2. The predicted octanol–water partition coefficient (Wildman–Crippen LogP) is 7.99. The van der Waals surface area contributed by atoms with Gasteiger partial charge in [0.1, 0.15) is 23.0 Å². The van der Waals surface area contributed by atoms with Gasteiger partial charge in [0, 0.05) is 91.5 Å². The van der Waals surface area contributed by atoms with E-state index in [1.54, 1.807) is 0 Å². The molecule has 4 aromatic rings. The Hall–Kier alpha value is -4.66. The van der Waals surface area contributed by atoms with E-state index in [2.05, 4.69) is 70.0 Å². The van der Waals surface area contributed by atoms with Crippen LogP contribution in [-0.2, 0) is 26.2 Å². The zero-order valence-electron chi connectivity index (χ0n) is 30.2. The Kier molecular flexibility index (Phi) is 12.8. The van der Waals surface area contributed by atoms with E-state index in [9.17, 15) is 10.2 Å². The fraction of sp³-hybridized carbons (Fsp3) is 0.395. The number of aryl methyl sites for hydroxylation is 2.